The molecule has 0 aliphatic rings. The standard InChI is InChI=1S/C11H20ClN3O/c1-8-10(12)7-15(14-8)6-9(16)5-13-11(2,3)4/h7,9,13,16H,5-6H2,1-4H3. The number of nitrogens with zero attached hydrogens (tertiary/aromatic N) is 2. The van der Waals surface area contributed by atoms with E-state index in [1.54, 1.807) is 10.9 Å². The number of halogens is 1. The van der Waals surface area contributed by atoms with Crippen molar-refractivity contribution in [2.45, 2.75) is 45.9 Å². The monoisotopic (exact) mass is 245 g/mol. The van der Waals surface area contributed by atoms with Crippen molar-refractivity contribution in [3.8, 4) is 0 Å². The Bertz CT molecular complexity index is 324. The van der Waals surface area contributed by atoms with Gasteiger partial charge in [0.25, 0.3) is 0 Å². The second-order valence-corrected chi connectivity index (χ2v) is 5.48. The van der Waals surface area contributed by atoms with Crippen molar-refractivity contribution in [3.05, 3.63) is 16.9 Å². The quantitative estimate of drug-likeness (QED) is 0.847. The first-order valence-corrected chi connectivity index (χ1v) is 5.78. The molecule has 4 nitrogen and oxygen atoms in total. The molecule has 0 aliphatic carbocycles. The first kappa shape index (κ1) is 13.5. The molecule has 0 fully saturated rings. The molecule has 0 saturated heterocycles. The zero-order valence-electron chi connectivity index (χ0n) is 10.3. The lowest BCUT2D eigenvalue weighted by molar-refractivity contribution is 0.137. The topological polar surface area (TPSA) is 50.1 Å². The number of hydrogen-bond acceptors (Lipinski definition) is 3. The first-order valence-electron chi connectivity index (χ1n) is 5.40. The van der Waals surface area contributed by atoms with Crippen LogP contribution < -0.4 is 5.32 Å². The van der Waals surface area contributed by atoms with Gasteiger partial charge >= 0.3 is 0 Å². The van der Waals surface area contributed by atoms with Gasteiger partial charge in [-0.2, -0.15) is 5.10 Å². The molecular weight excluding hydrogens is 226 g/mol. The van der Waals surface area contributed by atoms with Gasteiger partial charge in [0.2, 0.25) is 0 Å². The minimum atomic E-state index is -0.463. The van der Waals surface area contributed by atoms with Gasteiger partial charge in [-0.25, -0.2) is 0 Å². The highest BCUT2D eigenvalue weighted by Gasteiger charge is 2.13. The van der Waals surface area contributed by atoms with Crippen molar-refractivity contribution in [1.29, 1.82) is 0 Å². The van der Waals surface area contributed by atoms with Crippen molar-refractivity contribution in [2.24, 2.45) is 0 Å². The van der Waals surface area contributed by atoms with Crippen LogP contribution >= 0.6 is 11.6 Å². The van der Waals surface area contributed by atoms with Gasteiger partial charge in [-0.1, -0.05) is 11.6 Å². The number of hydrogen-bond donors (Lipinski definition) is 2. The summed E-state index contributed by atoms with van der Waals surface area (Å²) < 4.78 is 1.67. The second kappa shape index (κ2) is 5.17. The molecule has 1 aromatic rings. The van der Waals surface area contributed by atoms with Crippen LogP contribution in [0.2, 0.25) is 5.02 Å². The van der Waals surface area contributed by atoms with Crippen LogP contribution in [0.1, 0.15) is 26.5 Å². The number of aromatic nitrogens is 2. The third-order valence-electron chi connectivity index (χ3n) is 2.15. The maximum Gasteiger partial charge on any atom is 0.0860 e. The maximum absolute atomic E-state index is 9.80. The molecule has 1 unspecified atom stereocenters. The molecule has 0 spiro atoms. The Morgan fingerprint density at radius 2 is 2.19 bits per heavy atom. The fourth-order valence-electron chi connectivity index (χ4n) is 1.29. The van der Waals surface area contributed by atoms with E-state index in [4.69, 9.17) is 11.6 Å². The summed E-state index contributed by atoms with van der Waals surface area (Å²) in [5.41, 5.74) is 0.802. The Kier molecular flexibility index (Phi) is 4.35. The van der Waals surface area contributed by atoms with E-state index in [-0.39, 0.29) is 5.54 Å². The normalized spacial score (nSPS) is 14.1. The molecule has 2 N–H and O–H groups in total. The third kappa shape index (κ3) is 4.51. The largest absolute Gasteiger partial charge is 0.390 e. The molecule has 0 saturated carbocycles. The van der Waals surface area contributed by atoms with Crippen molar-refractivity contribution in [2.75, 3.05) is 6.54 Å². The highest BCUT2D eigenvalue weighted by molar-refractivity contribution is 6.31. The fraction of sp³-hybridized carbons (Fsp3) is 0.727. The summed E-state index contributed by atoms with van der Waals surface area (Å²) in [6.45, 7) is 9.03. The number of aliphatic hydroxyl groups excluding tert-OH is 1. The SMILES string of the molecule is Cc1nn(CC(O)CNC(C)(C)C)cc1Cl. The van der Waals surface area contributed by atoms with E-state index in [1.165, 1.54) is 0 Å². The number of nitrogens with one attached hydrogen (secondary N) is 1. The van der Waals surface area contributed by atoms with Gasteiger partial charge < -0.3 is 10.4 Å². The molecule has 0 amide bonds. The minimum Gasteiger partial charge on any atom is -0.390 e. The molecule has 92 valence electrons. The molecule has 1 atom stereocenters. The smallest absolute Gasteiger partial charge is 0.0860 e. The van der Waals surface area contributed by atoms with E-state index >= 15 is 0 Å². The van der Waals surface area contributed by atoms with Crippen LogP contribution in [0, 0.1) is 6.92 Å². The lowest BCUT2D eigenvalue weighted by Crippen LogP contribution is -2.42. The van der Waals surface area contributed by atoms with Crippen LogP contribution in [-0.4, -0.2) is 33.1 Å². The zero-order valence-corrected chi connectivity index (χ0v) is 11.0. The average Bonchev–Trinajstić information content (AvgIpc) is 2.41. The summed E-state index contributed by atoms with van der Waals surface area (Å²) >= 11 is 5.88. The Morgan fingerprint density at radius 3 is 2.62 bits per heavy atom. The number of aryl methyl sites for hydroxylation is 1. The second-order valence-electron chi connectivity index (χ2n) is 5.07. The molecule has 0 aliphatic heterocycles. The molecule has 0 radical (unpaired) electrons. The third-order valence-corrected chi connectivity index (χ3v) is 2.52. The van der Waals surface area contributed by atoms with Crippen molar-refractivity contribution in [3.63, 3.8) is 0 Å². The van der Waals surface area contributed by atoms with E-state index in [1.807, 2.05) is 6.92 Å². The molecule has 1 heterocycles. The van der Waals surface area contributed by atoms with E-state index in [0.717, 1.165) is 5.69 Å². The van der Waals surface area contributed by atoms with Crippen LogP contribution in [0.4, 0.5) is 0 Å². The van der Waals surface area contributed by atoms with Gasteiger partial charge in [0, 0.05) is 18.3 Å². The lowest BCUT2D eigenvalue weighted by Gasteiger charge is -2.22. The predicted octanol–water partition coefficient (Wildman–Crippen LogP) is 1.59. The molecule has 0 bridgehead atoms. The van der Waals surface area contributed by atoms with Crippen LogP contribution in [-0.2, 0) is 6.54 Å². The Hall–Kier alpha value is -0.580. The fourth-order valence-corrected chi connectivity index (χ4v) is 1.44. The van der Waals surface area contributed by atoms with Gasteiger partial charge in [-0.05, 0) is 27.7 Å². The van der Waals surface area contributed by atoms with Crippen molar-refractivity contribution in [1.82, 2.24) is 15.1 Å². The molecular formula is C11H20ClN3O. The van der Waals surface area contributed by atoms with Gasteiger partial charge in [-0.3, -0.25) is 4.68 Å². The van der Waals surface area contributed by atoms with Gasteiger partial charge in [-0.15, -0.1) is 0 Å². The van der Waals surface area contributed by atoms with E-state index < -0.39 is 6.10 Å². The van der Waals surface area contributed by atoms with Gasteiger partial charge in [0.1, 0.15) is 0 Å². The molecule has 1 rings (SSSR count). The molecule has 1 aromatic heterocycles. The molecule has 0 aromatic carbocycles. The minimum absolute atomic E-state index is 0.0126. The summed E-state index contributed by atoms with van der Waals surface area (Å²) in [7, 11) is 0. The Labute approximate surface area is 102 Å². The van der Waals surface area contributed by atoms with Crippen LogP contribution in [0.25, 0.3) is 0 Å². The first-order chi connectivity index (χ1) is 7.28. The van der Waals surface area contributed by atoms with Gasteiger partial charge in [0.05, 0.1) is 23.4 Å². The highest BCUT2D eigenvalue weighted by atomic mass is 35.5. The zero-order chi connectivity index (χ0) is 12.3. The summed E-state index contributed by atoms with van der Waals surface area (Å²) in [6.07, 6.45) is 1.27. The van der Waals surface area contributed by atoms with Crippen LogP contribution in [0.3, 0.4) is 0 Å². The average molecular weight is 246 g/mol. The van der Waals surface area contributed by atoms with E-state index in [9.17, 15) is 5.11 Å². The predicted molar refractivity (Wildman–Crippen MR) is 65.7 cm³/mol. The van der Waals surface area contributed by atoms with Crippen LogP contribution in [0.15, 0.2) is 6.20 Å². The molecule has 16 heavy (non-hydrogen) atoms. The maximum atomic E-state index is 9.80. The summed E-state index contributed by atoms with van der Waals surface area (Å²) in [6, 6.07) is 0. The number of β-amino-alcohol motifs (C(OH)–C–C–N with tert-alkyl or cyclic N) is 1. The number of aliphatic hydroxyl groups is 1. The lowest BCUT2D eigenvalue weighted by atomic mass is 10.1. The van der Waals surface area contributed by atoms with E-state index in [0.29, 0.717) is 18.1 Å². The summed E-state index contributed by atoms with van der Waals surface area (Å²) in [4.78, 5) is 0. The highest BCUT2D eigenvalue weighted by Crippen LogP contribution is 2.12. The van der Waals surface area contributed by atoms with Crippen molar-refractivity contribution >= 4 is 11.6 Å². The Morgan fingerprint density at radius 1 is 1.56 bits per heavy atom. The van der Waals surface area contributed by atoms with Gasteiger partial charge in [0.15, 0.2) is 0 Å². The number of rotatable bonds is 4. The summed E-state index contributed by atoms with van der Waals surface area (Å²) in [5.74, 6) is 0. The van der Waals surface area contributed by atoms with Crippen molar-refractivity contribution < 1.29 is 5.11 Å². The van der Waals surface area contributed by atoms with E-state index in [2.05, 4.69) is 31.2 Å². The summed E-state index contributed by atoms with van der Waals surface area (Å²) in [5, 5.41) is 17.9. The Balaban J connectivity index is 2.42. The van der Waals surface area contributed by atoms with Crippen LogP contribution in [0.5, 0.6) is 0 Å². The molecule has 5 heteroatoms.